The van der Waals surface area contributed by atoms with Gasteiger partial charge in [0.25, 0.3) is 0 Å². The average Bonchev–Trinajstić information content (AvgIpc) is 3.52. The number of carbonyl (C=O) groups is 1. The lowest BCUT2D eigenvalue weighted by molar-refractivity contribution is -0.274. The number of benzene rings is 4. The van der Waals surface area contributed by atoms with Gasteiger partial charge in [-0.2, -0.15) is 5.10 Å². The SMILES string of the molecule is Cc1cccc(C)c1N1C(=O)CS/C1=N/N=C/c1ccc2c(ccc3c2ncn3-c2ccc(OC(F)(F)F)cc2)c1. The van der Waals surface area contributed by atoms with Gasteiger partial charge in [-0.25, -0.2) is 4.98 Å². The topological polar surface area (TPSA) is 72.1 Å². The average molecular weight is 574 g/mol. The summed E-state index contributed by atoms with van der Waals surface area (Å²) in [7, 11) is 0. The molecule has 0 saturated carbocycles. The Morgan fingerprint density at radius 2 is 1.76 bits per heavy atom. The van der Waals surface area contributed by atoms with E-state index in [1.54, 1.807) is 34.1 Å². The number of ether oxygens (including phenoxy) is 1. The van der Waals surface area contributed by atoms with Crippen LogP contribution in [0.25, 0.3) is 27.5 Å². The van der Waals surface area contributed by atoms with Gasteiger partial charge in [0.1, 0.15) is 12.1 Å². The summed E-state index contributed by atoms with van der Waals surface area (Å²) in [6, 6.07) is 21.2. The minimum atomic E-state index is -4.74. The van der Waals surface area contributed by atoms with E-state index in [9.17, 15) is 18.0 Å². The van der Waals surface area contributed by atoms with Gasteiger partial charge in [-0.1, -0.05) is 48.2 Å². The van der Waals surface area contributed by atoms with Crippen LogP contribution in [0.3, 0.4) is 0 Å². The summed E-state index contributed by atoms with van der Waals surface area (Å²) in [5, 5.41) is 11.0. The molecule has 6 rings (SSSR count). The molecular weight excluding hydrogens is 551 g/mol. The van der Waals surface area contributed by atoms with Crippen molar-refractivity contribution in [3.63, 3.8) is 0 Å². The second-order valence-corrected chi connectivity index (χ2v) is 10.4. The maximum absolute atomic E-state index is 12.7. The molecule has 2 heterocycles. The van der Waals surface area contributed by atoms with Crippen LogP contribution in [0.15, 0.2) is 89.3 Å². The molecule has 4 aromatic carbocycles. The highest BCUT2D eigenvalue weighted by Crippen LogP contribution is 2.32. The van der Waals surface area contributed by atoms with Gasteiger partial charge in [0.05, 0.1) is 28.7 Å². The highest BCUT2D eigenvalue weighted by atomic mass is 32.2. The molecule has 41 heavy (non-hydrogen) atoms. The van der Waals surface area contributed by atoms with E-state index in [4.69, 9.17) is 0 Å². The fraction of sp³-hybridized carbons (Fsp3) is 0.133. The maximum atomic E-state index is 12.7. The number of halogens is 3. The van der Waals surface area contributed by atoms with E-state index >= 15 is 0 Å². The van der Waals surface area contributed by atoms with Crippen molar-refractivity contribution < 1.29 is 22.7 Å². The van der Waals surface area contributed by atoms with E-state index in [0.717, 1.165) is 44.2 Å². The van der Waals surface area contributed by atoms with E-state index in [-0.39, 0.29) is 11.7 Å². The molecule has 1 aliphatic rings. The van der Waals surface area contributed by atoms with Gasteiger partial charge < -0.3 is 4.74 Å². The summed E-state index contributed by atoms with van der Waals surface area (Å²) in [4.78, 5) is 18.9. The molecule has 206 valence electrons. The molecule has 0 aliphatic carbocycles. The van der Waals surface area contributed by atoms with E-state index in [2.05, 4.69) is 19.9 Å². The highest BCUT2D eigenvalue weighted by Gasteiger charge is 2.32. The van der Waals surface area contributed by atoms with Crippen LogP contribution in [0, 0.1) is 13.8 Å². The number of hydrogen-bond acceptors (Lipinski definition) is 6. The van der Waals surface area contributed by atoms with Crippen LogP contribution in [0.5, 0.6) is 5.75 Å². The van der Waals surface area contributed by atoms with Gasteiger partial charge in [-0.3, -0.25) is 14.3 Å². The highest BCUT2D eigenvalue weighted by molar-refractivity contribution is 8.15. The first-order chi connectivity index (χ1) is 19.7. The fourth-order valence-corrected chi connectivity index (χ4v) is 5.69. The molecule has 1 aliphatic heterocycles. The molecular formula is C30H22F3N5O2S. The summed E-state index contributed by atoms with van der Waals surface area (Å²) in [5.41, 5.74) is 5.88. The summed E-state index contributed by atoms with van der Waals surface area (Å²) < 4.78 is 43.2. The van der Waals surface area contributed by atoms with E-state index in [1.807, 2.05) is 62.4 Å². The van der Waals surface area contributed by atoms with Crippen molar-refractivity contribution >= 4 is 56.5 Å². The lowest BCUT2D eigenvalue weighted by Crippen LogP contribution is -2.30. The first-order valence-corrected chi connectivity index (χ1v) is 13.6. The Balaban J connectivity index is 1.26. The van der Waals surface area contributed by atoms with Crippen LogP contribution < -0.4 is 9.64 Å². The monoisotopic (exact) mass is 573 g/mol. The molecule has 1 amide bonds. The third kappa shape index (κ3) is 5.28. The summed E-state index contributed by atoms with van der Waals surface area (Å²) >= 11 is 1.36. The van der Waals surface area contributed by atoms with Crippen LogP contribution in [-0.2, 0) is 4.79 Å². The van der Waals surface area contributed by atoms with Gasteiger partial charge >= 0.3 is 6.36 Å². The third-order valence-electron chi connectivity index (χ3n) is 6.68. The lowest BCUT2D eigenvalue weighted by atomic mass is 10.1. The van der Waals surface area contributed by atoms with Crippen LogP contribution in [0.2, 0.25) is 0 Å². The van der Waals surface area contributed by atoms with Gasteiger partial charge in [0.2, 0.25) is 5.91 Å². The second-order valence-electron chi connectivity index (χ2n) is 9.46. The summed E-state index contributed by atoms with van der Waals surface area (Å²) in [6.45, 7) is 3.94. The lowest BCUT2D eigenvalue weighted by Gasteiger charge is -2.20. The van der Waals surface area contributed by atoms with Gasteiger partial charge in [-0.15, -0.1) is 18.3 Å². The number of hydrogen-bond donors (Lipinski definition) is 0. The minimum Gasteiger partial charge on any atom is -0.406 e. The van der Waals surface area contributed by atoms with Gasteiger partial charge in [-0.05, 0) is 72.3 Å². The number of aromatic nitrogens is 2. The Morgan fingerprint density at radius 3 is 2.49 bits per heavy atom. The minimum absolute atomic E-state index is 0.0268. The Morgan fingerprint density at radius 1 is 1.00 bits per heavy atom. The first-order valence-electron chi connectivity index (χ1n) is 12.6. The normalized spacial score (nSPS) is 15.2. The zero-order valence-electron chi connectivity index (χ0n) is 21.9. The zero-order valence-corrected chi connectivity index (χ0v) is 22.7. The number of rotatable bonds is 5. The third-order valence-corrected chi connectivity index (χ3v) is 7.60. The van der Waals surface area contributed by atoms with Crippen molar-refractivity contribution in [3.05, 3.63) is 95.8 Å². The molecule has 0 atom stereocenters. The number of nitrogens with zero attached hydrogens (tertiary/aromatic N) is 5. The number of anilines is 1. The largest absolute Gasteiger partial charge is 0.573 e. The molecule has 0 unspecified atom stereocenters. The van der Waals surface area contributed by atoms with Crippen molar-refractivity contribution in [2.45, 2.75) is 20.2 Å². The van der Waals surface area contributed by atoms with E-state index < -0.39 is 6.36 Å². The van der Waals surface area contributed by atoms with Crippen LogP contribution in [0.4, 0.5) is 18.9 Å². The second kappa shape index (κ2) is 10.4. The Labute approximate surface area is 237 Å². The van der Waals surface area contributed by atoms with Crippen LogP contribution in [-0.4, -0.2) is 39.0 Å². The molecule has 0 spiro atoms. The number of thioether (sulfide) groups is 1. The van der Waals surface area contributed by atoms with E-state index in [0.29, 0.717) is 16.6 Å². The Bertz CT molecular complexity index is 1840. The number of carbonyl (C=O) groups excluding carboxylic acids is 1. The Kier molecular flexibility index (Phi) is 6.74. The number of aryl methyl sites for hydroxylation is 2. The standard InChI is InChI=1S/C30H22F3N5O2S/c1-18-4-3-5-19(2)28(18)38-26(39)16-41-29(38)36-35-15-20-6-12-24-21(14-20)7-13-25-27(24)34-17-37(25)22-8-10-23(11-9-22)40-30(31,32)33/h3-15,17H,16H2,1-2H3/b35-15+,36-29+. The molecule has 1 aromatic heterocycles. The number of imidazole rings is 1. The molecule has 0 bridgehead atoms. The smallest absolute Gasteiger partial charge is 0.406 e. The van der Waals surface area contributed by atoms with Gasteiger partial charge in [0.15, 0.2) is 5.17 Å². The predicted octanol–water partition coefficient (Wildman–Crippen LogP) is 7.16. The number of amidine groups is 1. The van der Waals surface area contributed by atoms with Crippen molar-refractivity contribution in [2.75, 3.05) is 10.7 Å². The maximum Gasteiger partial charge on any atom is 0.573 e. The quantitative estimate of drug-likeness (QED) is 0.165. The van der Waals surface area contributed by atoms with Crippen molar-refractivity contribution in [3.8, 4) is 11.4 Å². The number of para-hydroxylation sites is 1. The molecule has 0 N–H and O–H groups in total. The number of fused-ring (bicyclic) bond motifs is 3. The predicted molar refractivity (Wildman–Crippen MR) is 156 cm³/mol. The molecule has 11 heteroatoms. The van der Waals surface area contributed by atoms with Crippen molar-refractivity contribution in [1.29, 1.82) is 0 Å². The zero-order chi connectivity index (χ0) is 28.7. The van der Waals surface area contributed by atoms with Crippen LogP contribution in [0.1, 0.15) is 16.7 Å². The van der Waals surface area contributed by atoms with E-state index in [1.165, 1.54) is 23.9 Å². The summed E-state index contributed by atoms with van der Waals surface area (Å²) in [5.74, 6) is -0.000611. The fourth-order valence-electron chi connectivity index (χ4n) is 4.88. The number of alkyl halides is 3. The van der Waals surface area contributed by atoms with Gasteiger partial charge in [0, 0.05) is 11.1 Å². The van der Waals surface area contributed by atoms with Crippen molar-refractivity contribution in [1.82, 2.24) is 9.55 Å². The first kappa shape index (κ1) is 26.6. The van der Waals surface area contributed by atoms with Crippen molar-refractivity contribution in [2.24, 2.45) is 10.2 Å². The molecule has 1 saturated heterocycles. The number of amides is 1. The molecule has 7 nitrogen and oxygen atoms in total. The Hall–Kier alpha value is -4.64. The van der Waals surface area contributed by atoms with Crippen LogP contribution >= 0.6 is 11.8 Å². The molecule has 5 aromatic rings. The molecule has 1 fully saturated rings. The summed E-state index contributed by atoms with van der Waals surface area (Å²) in [6.07, 6.45) is -1.46. The molecule has 0 radical (unpaired) electrons.